The smallest absolute Gasteiger partial charge is 0.249 e. The maximum Gasteiger partial charge on any atom is 0.249 e. The summed E-state index contributed by atoms with van der Waals surface area (Å²) < 4.78 is 0.933. The van der Waals surface area contributed by atoms with Gasteiger partial charge in [-0.25, -0.2) is 0 Å². The molecule has 0 bridgehead atoms. The Hall–Kier alpha value is -2.67. The van der Waals surface area contributed by atoms with E-state index >= 15 is 0 Å². The number of hydrogen-bond donors (Lipinski definition) is 1. The number of nitrogens with zero attached hydrogens (tertiary/aromatic N) is 2. The molecule has 1 saturated heterocycles. The Kier molecular flexibility index (Phi) is 6.61. The van der Waals surface area contributed by atoms with Crippen molar-refractivity contribution in [3.63, 3.8) is 0 Å². The summed E-state index contributed by atoms with van der Waals surface area (Å²) in [6, 6.07) is 16.4. The van der Waals surface area contributed by atoms with Gasteiger partial charge in [-0.2, -0.15) is 0 Å². The molecule has 1 aliphatic rings. The van der Waals surface area contributed by atoms with Gasteiger partial charge in [-0.05, 0) is 50.1 Å². The fourth-order valence-corrected chi connectivity index (χ4v) is 3.80. The zero-order chi connectivity index (χ0) is 21.9. The van der Waals surface area contributed by atoms with E-state index in [2.05, 4.69) is 21.2 Å². The fraction of sp³-hybridized carbons (Fsp3) is 0.348. The number of hydrogen-bond acceptors (Lipinski definition) is 3. The highest BCUT2D eigenvalue weighted by atomic mass is 79.9. The molecule has 30 heavy (non-hydrogen) atoms. The van der Waals surface area contributed by atoms with Crippen LogP contribution in [0.25, 0.3) is 0 Å². The van der Waals surface area contributed by atoms with E-state index in [0.29, 0.717) is 19.5 Å². The second-order valence-corrected chi connectivity index (χ2v) is 8.97. The largest absolute Gasteiger partial charge is 0.343 e. The van der Waals surface area contributed by atoms with Crippen LogP contribution in [0, 0.1) is 5.41 Å². The average Bonchev–Trinajstić information content (AvgIpc) is 3.09. The standard InChI is InChI=1S/C23H26BrN3O3/c1-23(2,22(30)26(3)15-16-7-5-4-6-8-16)21(29)25-19-13-14-27(20(19)28)18-11-9-17(24)10-12-18/h4-12,19H,13-15H2,1-3H3,(H,25,29). The van der Waals surface area contributed by atoms with E-state index in [9.17, 15) is 14.4 Å². The molecule has 2 aromatic rings. The van der Waals surface area contributed by atoms with Gasteiger partial charge in [-0.1, -0.05) is 46.3 Å². The van der Waals surface area contributed by atoms with Gasteiger partial charge in [-0.15, -0.1) is 0 Å². The summed E-state index contributed by atoms with van der Waals surface area (Å²) >= 11 is 3.39. The maximum atomic E-state index is 12.9. The van der Waals surface area contributed by atoms with Crippen LogP contribution in [0.2, 0.25) is 0 Å². The summed E-state index contributed by atoms with van der Waals surface area (Å²) in [4.78, 5) is 41.9. The summed E-state index contributed by atoms with van der Waals surface area (Å²) in [5.41, 5.74) is 0.494. The monoisotopic (exact) mass is 471 g/mol. The Labute approximate surface area is 185 Å². The van der Waals surface area contributed by atoms with Gasteiger partial charge < -0.3 is 15.1 Å². The van der Waals surface area contributed by atoms with Gasteiger partial charge in [0.2, 0.25) is 17.7 Å². The van der Waals surface area contributed by atoms with Crippen LogP contribution < -0.4 is 10.2 Å². The summed E-state index contributed by atoms with van der Waals surface area (Å²) in [6.45, 7) is 4.12. The molecule has 1 aliphatic heterocycles. The normalized spacial score (nSPS) is 16.5. The maximum absolute atomic E-state index is 12.9. The van der Waals surface area contributed by atoms with Crippen molar-refractivity contribution in [3.8, 4) is 0 Å². The lowest BCUT2D eigenvalue weighted by atomic mass is 9.89. The molecule has 6 nitrogen and oxygen atoms in total. The van der Waals surface area contributed by atoms with Crippen molar-refractivity contribution in [2.45, 2.75) is 32.9 Å². The van der Waals surface area contributed by atoms with E-state index in [1.165, 1.54) is 0 Å². The van der Waals surface area contributed by atoms with Crippen molar-refractivity contribution in [2.75, 3.05) is 18.5 Å². The van der Waals surface area contributed by atoms with Gasteiger partial charge in [0, 0.05) is 30.3 Å². The highest BCUT2D eigenvalue weighted by Crippen LogP contribution is 2.25. The van der Waals surface area contributed by atoms with Crippen LogP contribution in [0.5, 0.6) is 0 Å². The van der Waals surface area contributed by atoms with Gasteiger partial charge in [0.25, 0.3) is 0 Å². The Morgan fingerprint density at radius 1 is 1.13 bits per heavy atom. The predicted octanol–water partition coefficient (Wildman–Crippen LogP) is 3.36. The summed E-state index contributed by atoms with van der Waals surface area (Å²) in [5, 5.41) is 2.79. The van der Waals surface area contributed by atoms with Crippen molar-refractivity contribution in [1.82, 2.24) is 10.2 Å². The molecular weight excluding hydrogens is 446 g/mol. The average molecular weight is 472 g/mol. The first-order valence-electron chi connectivity index (χ1n) is 9.87. The minimum Gasteiger partial charge on any atom is -0.343 e. The van der Waals surface area contributed by atoms with Crippen LogP contribution in [0.15, 0.2) is 59.1 Å². The van der Waals surface area contributed by atoms with Crippen molar-refractivity contribution in [2.24, 2.45) is 5.41 Å². The number of nitrogens with one attached hydrogen (secondary N) is 1. The zero-order valence-electron chi connectivity index (χ0n) is 17.4. The van der Waals surface area contributed by atoms with Crippen LogP contribution >= 0.6 is 15.9 Å². The third-order valence-electron chi connectivity index (χ3n) is 5.36. The van der Waals surface area contributed by atoms with E-state index in [1.54, 1.807) is 30.7 Å². The molecule has 3 amide bonds. The molecule has 0 radical (unpaired) electrons. The molecular formula is C23H26BrN3O3. The van der Waals surface area contributed by atoms with Gasteiger partial charge in [-0.3, -0.25) is 14.4 Å². The first-order valence-corrected chi connectivity index (χ1v) is 10.7. The lowest BCUT2D eigenvalue weighted by Gasteiger charge is -2.29. The van der Waals surface area contributed by atoms with E-state index in [-0.39, 0.29) is 11.8 Å². The van der Waals surface area contributed by atoms with Crippen LogP contribution in [-0.4, -0.2) is 42.3 Å². The Balaban J connectivity index is 1.63. The number of halogens is 1. The van der Waals surface area contributed by atoms with Crippen molar-refractivity contribution in [3.05, 3.63) is 64.6 Å². The minimum absolute atomic E-state index is 0.161. The number of carbonyl (C=O) groups excluding carboxylic acids is 3. The molecule has 2 aromatic carbocycles. The Bertz CT molecular complexity index is 928. The van der Waals surface area contributed by atoms with E-state index in [1.807, 2.05) is 54.6 Å². The first kappa shape index (κ1) is 22.0. The Morgan fingerprint density at radius 3 is 2.40 bits per heavy atom. The number of rotatable bonds is 6. The van der Waals surface area contributed by atoms with Gasteiger partial charge >= 0.3 is 0 Å². The third-order valence-corrected chi connectivity index (χ3v) is 5.89. The molecule has 0 spiro atoms. The highest BCUT2D eigenvalue weighted by Gasteiger charge is 2.42. The molecule has 0 aliphatic carbocycles. The zero-order valence-corrected chi connectivity index (χ0v) is 19.0. The number of anilines is 1. The number of amides is 3. The van der Waals surface area contributed by atoms with E-state index in [4.69, 9.17) is 0 Å². The SMILES string of the molecule is CN(Cc1ccccc1)C(=O)C(C)(C)C(=O)NC1CCN(c2ccc(Br)cc2)C1=O. The second-order valence-electron chi connectivity index (χ2n) is 8.05. The van der Waals surface area contributed by atoms with Crippen molar-refractivity contribution in [1.29, 1.82) is 0 Å². The van der Waals surface area contributed by atoms with E-state index in [0.717, 1.165) is 15.7 Å². The van der Waals surface area contributed by atoms with Crippen LogP contribution in [0.4, 0.5) is 5.69 Å². The minimum atomic E-state index is -1.28. The van der Waals surface area contributed by atoms with Crippen molar-refractivity contribution < 1.29 is 14.4 Å². The summed E-state index contributed by atoms with van der Waals surface area (Å²) in [6.07, 6.45) is 0.505. The second kappa shape index (κ2) is 9.00. The third kappa shape index (κ3) is 4.73. The molecule has 3 rings (SSSR count). The summed E-state index contributed by atoms with van der Waals surface area (Å²) in [5.74, 6) is -0.894. The molecule has 7 heteroatoms. The molecule has 1 atom stereocenters. The Morgan fingerprint density at radius 2 is 1.77 bits per heavy atom. The molecule has 1 unspecified atom stereocenters. The van der Waals surface area contributed by atoms with Gasteiger partial charge in [0.1, 0.15) is 11.5 Å². The first-order chi connectivity index (χ1) is 14.2. The molecule has 0 saturated carbocycles. The molecule has 1 fully saturated rings. The lowest BCUT2D eigenvalue weighted by Crippen LogP contribution is -2.52. The highest BCUT2D eigenvalue weighted by molar-refractivity contribution is 9.10. The summed E-state index contributed by atoms with van der Waals surface area (Å²) in [7, 11) is 1.68. The quantitative estimate of drug-likeness (QED) is 0.656. The van der Waals surface area contributed by atoms with Crippen LogP contribution in [0.3, 0.4) is 0 Å². The van der Waals surface area contributed by atoms with Crippen molar-refractivity contribution >= 4 is 39.3 Å². The lowest BCUT2D eigenvalue weighted by molar-refractivity contribution is -0.148. The number of carbonyl (C=O) groups is 3. The number of benzene rings is 2. The van der Waals surface area contributed by atoms with Crippen LogP contribution in [-0.2, 0) is 20.9 Å². The fourth-order valence-electron chi connectivity index (χ4n) is 3.53. The van der Waals surface area contributed by atoms with Gasteiger partial charge in [0.15, 0.2) is 0 Å². The molecule has 1 heterocycles. The predicted molar refractivity (Wildman–Crippen MR) is 120 cm³/mol. The topological polar surface area (TPSA) is 69.7 Å². The van der Waals surface area contributed by atoms with E-state index < -0.39 is 17.4 Å². The molecule has 158 valence electrons. The van der Waals surface area contributed by atoms with Crippen LogP contribution in [0.1, 0.15) is 25.8 Å². The molecule has 0 aromatic heterocycles. The van der Waals surface area contributed by atoms with Gasteiger partial charge in [0.05, 0.1) is 0 Å². The molecule has 1 N–H and O–H groups in total.